The van der Waals surface area contributed by atoms with Crippen LogP contribution in [0.25, 0.3) is 0 Å². The standard InChI is InChI=1S/C14H30N4O2.HI/c1-4-15-14(16-5-8-19-3)17-11-13(2)12-18-6-9-20-10-7-18;/h13H,4-12H2,1-3H3,(H2,15,16,17);1H. The van der Waals surface area contributed by atoms with Crippen LogP contribution >= 0.6 is 24.0 Å². The highest BCUT2D eigenvalue weighted by Crippen LogP contribution is 2.03. The number of ether oxygens (including phenoxy) is 2. The van der Waals surface area contributed by atoms with Crippen LogP contribution in [0.5, 0.6) is 0 Å². The van der Waals surface area contributed by atoms with Crippen molar-refractivity contribution in [3.05, 3.63) is 0 Å². The zero-order valence-electron chi connectivity index (χ0n) is 13.6. The second kappa shape index (κ2) is 13.5. The largest absolute Gasteiger partial charge is 0.383 e. The van der Waals surface area contributed by atoms with E-state index < -0.39 is 0 Å². The van der Waals surface area contributed by atoms with Gasteiger partial charge in [-0.15, -0.1) is 24.0 Å². The van der Waals surface area contributed by atoms with E-state index in [1.165, 1.54) is 0 Å². The second-order valence-corrected chi connectivity index (χ2v) is 5.16. The molecule has 1 rings (SSSR count). The fraction of sp³-hybridized carbons (Fsp3) is 0.929. The fourth-order valence-corrected chi connectivity index (χ4v) is 2.14. The SMILES string of the molecule is CCNC(=NCC(C)CN1CCOCC1)NCCOC.I. The lowest BCUT2D eigenvalue weighted by atomic mass is 10.1. The number of nitrogens with one attached hydrogen (secondary N) is 2. The maximum Gasteiger partial charge on any atom is 0.191 e. The van der Waals surface area contributed by atoms with Crippen molar-refractivity contribution in [2.24, 2.45) is 10.9 Å². The molecular formula is C14H31IN4O2. The Morgan fingerprint density at radius 2 is 2.05 bits per heavy atom. The molecule has 0 aromatic carbocycles. The van der Waals surface area contributed by atoms with Crippen LogP contribution in [0.4, 0.5) is 0 Å². The Hall–Kier alpha value is -0.120. The highest BCUT2D eigenvalue weighted by Gasteiger charge is 2.13. The smallest absolute Gasteiger partial charge is 0.191 e. The van der Waals surface area contributed by atoms with Gasteiger partial charge in [-0.3, -0.25) is 9.89 Å². The highest BCUT2D eigenvalue weighted by molar-refractivity contribution is 14.0. The van der Waals surface area contributed by atoms with Gasteiger partial charge in [0.25, 0.3) is 0 Å². The molecule has 0 aromatic heterocycles. The summed E-state index contributed by atoms with van der Waals surface area (Å²) in [6.07, 6.45) is 0. The van der Waals surface area contributed by atoms with Crippen molar-refractivity contribution in [1.82, 2.24) is 15.5 Å². The van der Waals surface area contributed by atoms with Crippen molar-refractivity contribution in [3.8, 4) is 0 Å². The molecule has 1 fully saturated rings. The maximum absolute atomic E-state index is 5.37. The van der Waals surface area contributed by atoms with E-state index in [-0.39, 0.29) is 24.0 Å². The Labute approximate surface area is 146 Å². The van der Waals surface area contributed by atoms with Gasteiger partial charge in [-0.2, -0.15) is 0 Å². The minimum Gasteiger partial charge on any atom is -0.383 e. The lowest BCUT2D eigenvalue weighted by molar-refractivity contribution is 0.0323. The predicted molar refractivity (Wildman–Crippen MR) is 97.7 cm³/mol. The summed E-state index contributed by atoms with van der Waals surface area (Å²) in [5.41, 5.74) is 0. The van der Waals surface area contributed by atoms with E-state index in [4.69, 9.17) is 9.47 Å². The molecule has 0 aliphatic carbocycles. The molecule has 1 aliphatic heterocycles. The number of hydrogen-bond donors (Lipinski definition) is 2. The van der Waals surface area contributed by atoms with E-state index in [1.54, 1.807) is 7.11 Å². The third-order valence-corrected chi connectivity index (χ3v) is 3.18. The summed E-state index contributed by atoms with van der Waals surface area (Å²) < 4.78 is 10.4. The van der Waals surface area contributed by atoms with Gasteiger partial charge in [0.05, 0.1) is 19.8 Å². The minimum absolute atomic E-state index is 0. The highest BCUT2D eigenvalue weighted by atomic mass is 127. The zero-order chi connectivity index (χ0) is 14.6. The Morgan fingerprint density at radius 1 is 1.33 bits per heavy atom. The van der Waals surface area contributed by atoms with Gasteiger partial charge < -0.3 is 20.1 Å². The van der Waals surface area contributed by atoms with Crippen LogP contribution < -0.4 is 10.6 Å². The molecule has 1 unspecified atom stereocenters. The number of morpholine rings is 1. The number of halogens is 1. The number of hydrogen-bond acceptors (Lipinski definition) is 4. The summed E-state index contributed by atoms with van der Waals surface area (Å²) in [6.45, 7) is 12.4. The molecule has 2 N–H and O–H groups in total. The molecule has 0 bridgehead atoms. The molecule has 1 aliphatic rings. The first kappa shape index (κ1) is 20.9. The summed E-state index contributed by atoms with van der Waals surface area (Å²) >= 11 is 0. The average Bonchev–Trinajstić information content (AvgIpc) is 2.46. The van der Waals surface area contributed by atoms with Gasteiger partial charge in [-0.25, -0.2) is 0 Å². The van der Waals surface area contributed by atoms with Gasteiger partial charge in [-0.1, -0.05) is 6.92 Å². The average molecular weight is 414 g/mol. The molecule has 1 heterocycles. The number of aliphatic imine (C=N–C) groups is 1. The van der Waals surface area contributed by atoms with Crippen molar-refractivity contribution in [2.45, 2.75) is 13.8 Å². The number of methoxy groups -OCH3 is 1. The zero-order valence-corrected chi connectivity index (χ0v) is 15.9. The Morgan fingerprint density at radius 3 is 2.67 bits per heavy atom. The van der Waals surface area contributed by atoms with Gasteiger partial charge in [0.2, 0.25) is 0 Å². The van der Waals surface area contributed by atoms with E-state index in [9.17, 15) is 0 Å². The number of nitrogens with zero attached hydrogens (tertiary/aromatic N) is 2. The molecule has 126 valence electrons. The summed E-state index contributed by atoms with van der Waals surface area (Å²) in [6, 6.07) is 0. The van der Waals surface area contributed by atoms with Crippen LogP contribution in [0.3, 0.4) is 0 Å². The van der Waals surface area contributed by atoms with Crippen molar-refractivity contribution in [3.63, 3.8) is 0 Å². The van der Waals surface area contributed by atoms with E-state index >= 15 is 0 Å². The van der Waals surface area contributed by atoms with E-state index in [0.29, 0.717) is 12.5 Å². The first-order chi connectivity index (χ1) is 9.76. The molecule has 6 nitrogen and oxygen atoms in total. The molecule has 7 heteroatoms. The summed E-state index contributed by atoms with van der Waals surface area (Å²) in [7, 11) is 1.70. The van der Waals surface area contributed by atoms with Crippen molar-refractivity contribution in [1.29, 1.82) is 0 Å². The molecular weight excluding hydrogens is 383 g/mol. The third kappa shape index (κ3) is 10.3. The van der Waals surface area contributed by atoms with E-state index in [2.05, 4.69) is 34.4 Å². The molecule has 0 amide bonds. The van der Waals surface area contributed by atoms with Crippen LogP contribution in [-0.2, 0) is 9.47 Å². The lowest BCUT2D eigenvalue weighted by Gasteiger charge is -2.28. The molecule has 21 heavy (non-hydrogen) atoms. The second-order valence-electron chi connectivity index (χ2n) is 5.16. The van der Waals surface area contributed by atoms with Gasteiger partial charge in [0.15, 0.2) is 5.96 Å². The topological polar surface area (TPSA) is 58.1 Å². The summed E-state index contributed by atoms with van der Waals surface area (Å²) in [5.74, 6) is 1.42. The van der Waals surface area contributed by atoms with E-state index in [0.717, 1.165) is 58.4 Å². The van der Waals surface area contributed by atoms with Crippen LogP contribution in [0.2, 0.25) is 0 Å². The van der Waals surface area contributed by atoms with Crippen molar-refractivity contribution >= 4 is 29.9 Å². The molecule has 0 saturated carbocycles. The third-order valence-electron chi connectivity index (χ3n) is 3.18. The summed E-state index contributed by atoms with van der Waals surface area (Å²) in [4.78, 5) is 7.08. The number of rotatable bonds is 8. The van der Waals surface area contributed by atoms with Gasteiger partial charge >= 0.3 is 0 Å². The van der Waals surface area contributed by atoms with Gasteiger partial charge in [0.1, 0.15) is 0 Å². The Balaban J connectivity index is 0.00000400. The van der Waals surface area contributed by atoms with Crippen LogP contribution in [0, 0.1) is 5.92 Å². The van der Waals surface area contributed by atoms with Crippen LogP contribution in [0.15, 0.2) is 4.99 Å². The van der Waals surface area contributed by atoms with Gasteiger partial charge in [-0.05, 0) is 12.8 Å². The minimum atomic E-state index is 0. The molecule has 0 aromatic rings. The maximum atomic E-state index is 5.37. The Bertz CT molecular complexity index is 274. The first-order valence-electron chi connectivity index (χ1n) is 7.57. The normalized spacial score (nSPS) is 18.0. The number of guanidine groups is 1. The predicted octanol–water partition coefficient (Wildman–Crippen LogP) is 0.774. The van der Waals surface area contributed by atoms with Crippen LogP contribution in [0.1, 0.15) is 13.8 Å². The molecule has 1 atom stereocenters. The lowest BCUT2D eigenvalue weighted by Crippen LogP contribution is -2.41. The fourth-order valence-electron chi connectivity index (χ4n) is 2.14. The molecule has 0 radical (unpaired) electrons. The summed E-state index contributed by atoms with van der Waals surface area (Å²) in [5, 5.41) is 6.51. The quantitative estimate of drug-likeness (QED) is 0.266. The molecule has 0 spiro atoms. The monoisotopic (exact) mass is 414 g/mol. The van der Waals surface area contributed by atoms with Crippen LogP contribution in [-0.4, -0.2) is 77.1 Å². The van der Waals surface area contributed by atoms with Gasteiger partial charge in [0, 0.05) is 46.4 Å². The first-order valence-corrected chi connectivity index (χ1v) is 7.57. The van der Waals surface area contributed by atoms with Crippen molar-refractivity contribution in [2.75, 3.05) is 66.2 Å². The van der Waals surface area contributed by atoms with E-state index in [1.807, 2.05) is 0 Å². The molecule has 1 saturated heterocycles. The van der Waals surface area contributed by atoms with Crippen molar-refractivity contribution < 1.29 is 9.47 Å². The Kier molecular flexibility index (Phi) is 13.5.